The molecule has 2 aliphatic heterocycles. The summed E-state index contributed by atoms with van der Waals surface area (Å²) >= 11 is 0. The summed E-state index contributed by atoms with van der Waals surface area (Å²) < 4.78 is 34.3. The number of nitrogens with zero attached hydrogens (tertiary/aromatic N) is 2. The molecule has 0 saturated carbocycles. The van der Waals surface area contributed by atoms with Gasteiger partial charge in [-0.15, -0.1) is 0 Å². The molecule has 0 bridgehead atoms. The average molecular weight is 405 g/mol. The molecule has 2 saturated heterocycles. The fourth-order valence-corrected chi connectivity index (χ4v) is 6.29. The lowest BCUT2D eigenvalue weighted by molar-refractivity contribution is 0.0693. The lowest BCUT2D eigenvalue weighted by Gasteiger charge is -2.25. The first-order valence-corrected chi connectivity index (χ1v) is 11.6. The number of carbonyl (C=O) groups excluding carboxylic acids is 1. The largest absolute Gasteiger partial charge is 0.449 e. The molecule has 2 aromatic rings. The Morgan fingerprint density at radius 2 is 1.54 bits per heavy atom. The van der Waals surface area contributed by atoms with Crippen molar-refractivity contribution in [2.45, 2.75) is 57.8 Å². The number of likely N-dealkylation sites (tertiary alicyclic amines) is 1. The molecule has 3 heterocycles. The van der Waals surface area contributed by atoms with Crippen molar-refractivity contribution in [3.8, 4) is 0 Å². The van der Waals surface area contributed by atoms with Crippen LogP contribution in [0, 0.1) is 20.8 Å². The summed E-state index contributed by atoms with van der Waals surface area (Å²) in [5.74, 6) is 0.146. The molecule has 152 valence electrons. The Morgan fingerprint density at radius 3 is 2.18 bits per heavy atom. The highest BCUT2D eigenvalue weighted by atomic mass is 32.2. The monoisotopic (exact) mass is 404 g/mol. The minimum atomic E-state index is -3.66. The predicted octanol–water partition coefficient (Wildman–Crippen LogP) is 3.77. The zero-order chi connectivity index (χ0) is 20.1. The first-order valence-electron chi connectivity index (χ1n) is 10.1. The second kappa shape index (κ2) is 7.19. The minimum Gasteiger partial charge on any atom is -0.449 e. The molecule has 0 N–H and O–H groups in total. The molecule has 1 aromatic heterocycles. The second-order valence-corrected chi connectivity index (χ2v) is 9.92. The van der Waals surface area contributed by atoms with Gasteiger partial charge in [0.25, 0.3) is 5.91 Å². The maximum absolute atomic E-state index is 13.4. The predicted molar refractivity (Wildman–Crippen MR) is 108 cm³/mol. The van der Waals surface area contributed by atoms with Gasteiger partial charge in [0.1, 0.15) is 4.90 Å². The van der Waals surface area contributed by atoms with Gasteiger partial charge in [-0.25, -0.2) is 8.42 Å². The van der Waals surface area contributed by atoms with Gasteiger partial charge in [-0.05, 0) is 70.1 Å². The van der Waals surface area contributed by atoms with Gasteiger partial charge in [0, 0.05) is 37.1 Å². The van der Waals surface area contributed by atoms with Crippen LogP contribution in [0.25, 0.3) is 11.0 Å². The Kier molecular flexibility index (Phi) is 5.00. The van der Waals surface area contributed by atoms with E-state index in [-0.39, 0.29) is 16.6 Å². The Bertz CT molecular complexity index is 1030. The van der Waals surface area contributed by atoms with E-state index in [1.165, 1.54) is 4.31 Å². The van der Waals surface area contributed by atoms with Crippen LogP contribution in [0.4, 0.5) is 0 Å². The fraction of sp³-hybridized carbons (Fsp3) is 0.571. The normalized spacial score (nSPS) is 18.9. The van der Waals surface area contributed by atoms with Crippen molar-refractivity contribution >= 4 is 26.9 Å². The smallest absolute Gasteiger partial charge is 0.289 e. The van der Waals surface area contributed by atoms with E-state index in [2.05, 4.69) is 0 Å². The zero-order valence-corrected chi connectivity index (χ0v) is 17.7. The number of carbonyl (C=O) groups is 1. The van der Waals surface area contributed by atoms with E-state index in [0.29, 0.717) is 24.2 Å². The molecule has 2 aliphatic rings. The summed E-state index contributed by atoms with van der Waals surface area (Å²) in [6.45, 7) is 8.12. The summed E-state index contributed by atoms with van der Waals surface area (Å²) in [5.41, 5.74) is 2.65. The summed E-state index contributed by atoms with van der Waals surface area (Å²) in [7, 11) is -3.66. The van der Waals surface area contributed by atoms with E-state index in [9.17, 15) is 13.2 Å². The van der Waals surface area contributed by atoms with E-state index >= 15 is 0 Å². The molecule has 2 fully saturated rings. The van der Waals surface area contributed by atoms with Crippen LogP contribution in [0.3, 0.4) is 0 Å². The van der Waals surface area contributed by atoms with Crippen LogP contribution in [-0.4, -0.2) is 49.7 Å². The van der Waals surface area contributed by atoms with Gasteiger partial charge < -0.3 is 9.32 Å². The van der Waals surface area contributed by atoms with Crippen LogP contribution in [0.15, 0.2) is 15.4 Å². The highest BCUT2D eigenvalue weighted by Gasteiger charge is 2.34. The molecule has 0 aliphatic carbocycles. The van der Waals surface area contributed by atoms with Gasteiger partial charge in [0.15, 0.2) is 11.3 Å². The van der Waals surface area contributed by atoms with Gasteiger partial charge in [-0.2, -0.15) is 4.31 Å². The fourth-order valence-electron chi connectivity index (χ4n) is 4.36. The van der Waals surface area contributed by atoms with Gasteiger partial charge in [-0.3, -0.25) is 4.79 Å². The summed E-state index contributed by atoms with van der Waals surface area (Å²) in [4.78, 5) is 15.1. The van der Waals surface area contributed by atoms with Crippen LogP contribution >= 0.6 is 0 Å². The van der Waals surface area contributed by atoms with Gasteiger partial charge in [0.2, 0.25) is 10.0 Å². The summed E-state index contributed by atoms with van der Waals surface area (Å²) in [6, 6.07) is 1.94. The maximum atomic E-state index is 13.4. The quantitative estimate of drug-likeness (QED) is 0.781. The molecular formula is C21H28N2O4S. The molecule has 4 rings (SSSR count). The second-order valence-electron chi connectivity index (χ2n) is 8.04. The SMILES string of the molecule is Cc1cc2c(C)c(C(=O)N3CCCCC3)oc2c(S(=O)(=O)N2CCCC2)c1C. The van der Waals surface area contributed by atoms with Crippen molar-refractivity contribution in [3.63, 3.8) is 0 Å². The average Bonchev–Trinajstić information content (AvgIpc) is 3.32. The summed E-state index contributed by atoms with van der Waals surface area (Å²) in [5, 5.41) is 0.723. The third-order valence-electron chi connectivity index (χ3n) is 6.19. The first kappa shape index (κ1) is 19.5. The van der Waals surface area contributed by atoms with Crippen molar-refractivity contribution in [1.82, 2.24) is 9.21 Å². The van der Waals surface area contributed by atoms with Gasteiger partial charge in [-0.1, -0.05) is 0 Å². The highest BCUT2D eigenvalue weighted by molar-refractivity contribution is 7.89. The minimum absolute atomic E-state index is 0.131. The number of amides is 1. The van der Waals surface area contributed by atoms with Gasteiger partial charge in [0.05, 0.1) is 0 Å². The highest BCUT2D eigenvalue weighted by Crippen LogP contribution is 2.37. The van der Waals surface area contributed by atoms with E-state index in [1.54, 1.807) is 0 Å². The number of benzene rings is 1. The third kappa shape index (κ3) is 3.05. The number of fused-ring (bicyclic) bond motifs is 1. The number of aryl methyl sites for hydroxylation is 2. The number of piperidine rings is 1. The van der Waals surface area contributed by atoms with Gasteiger partial charge >= 0.3 is 0 Å². The van der Waals surface area contributed by atoms with Crippen LogP contribution < -0.4 is 0 Å². The van der Waals surface area contributed by atoms with Crippen molar-refractivity contribution < 1.29 is 17.6 Å². The molecule has 0 radical (unpaired) electrons. The number of hydrogen-bond acceptors (Lipinski definition) is 4. The van der Waals surface area contributed by atoms with E-state index in [0.717, 1.165) is 61.7 Å². The van der Waals surface area contributed by atoms with E-state index < -0.39 is 10.0 Å². The summed E-state index contributed by atoms with van der Waals surface area (Å²) in [6.07, 6.45) is 4.89. The van der Waals surface area contributed by atoms with Crippen LogP contribution in [0.1, 0.15) is 59.3 Å². The Morgan fingerprint density at radius 1 is 0.929 bits per heavy atom. The zero-order valence-electron chi connectivity index (χ0n) is 16.9. The number of rotatable bonds is 3. The van der Waals surface area contributed by atoms with E-state index in [1.807, 2.05) is 31.7 Å². The van der Waals surface area contributed by atoms with Crippen molar-refractivity contribution in [2.75, 3.05) is 26.2 Å². The molecule has 0 spiro atoms. The Labute approximate surface area is 166 Å². The van der Waals surface area contributed by atoms with Crippen LogP contribution in [0.5, 0.6) is 0 Å². The number of sulfonamides is 1. The first-order chi connectivity index (χ1) is 13.3. The molecule has 0 atom stereocenters. The topological polar surface area (TPSA) is 70.8 Å². The molecule has 28 heavy (non-hydrogen) atoms. The molecule has 0 unspecified atom stereocenters. The molecular weight excluding hydrogens is 376 g/mol. The lowest BCUT2D eigenvalue weighted by Crippen LogP contribution is -2.35. The Balaban J connectivity index is 1.88. The van der Waals surface area contributed by atoms with Crippen LogP contribution in [-0.2, 0) is 10.0 Å². The molecule has 1 amide bonds. The van der Waals surface area contributed by atoms with Crippen LogP contribution in [0.2, 0.25) is 0 Å². The number of hydrogen-bond donors (Lipinski definition) is 0. The maximum Gasteiger partial charge on any atom is 0.289 e. The molecule has 1 aromatic carbocycles. The molecule has 6 nitrogen and oxygen atoms in total. The van der Waals surface area contributed by atoms with Crippen molar-refractivity contribution in [3.05, 3.63) is 28.5 Å². The Hall–Kier alpha value is -1.86. The third-order valence-corrected chi connectivity index (χ3v) is 8.25. The van der Waals surface area contributed by atoms with E-state index in [4.69, 9.17) is 4.42 Å². The van der Waals surface area contributed by atoms with Crippen molar-refractivity contribution in [2.24, 2.45) is 0 Å². The standard InChI is InChI=1S/C21H28N2O4S/c1-14-13-17-16(3)18(21(24)22-9-5-4-6-10-22)27-19(17)20(15(14)2)28(25,26)23-11-7-8-12-23/h13H,4-12H2,1-3H3. The number of furan rings is 1. The van der Waals surface area contributed by atoms with Crippen molar-refractivity contribution in [1.29, 1.82) is 0 Å². The molecule has 7 heteroatoms. The lowest BCUT2D eigenvalue weighted by atomic mass is 10.0.